The number of benzene rings is 2. The average molecular weight is 303 g/mol. The number of hydrogen-bond donors (Lipinski definition) is 3. The van der Waals surface area contributed by atoms with Crippen LogP contribution >= 0.6 is 0 Å². The first kappa shape index (κ1) is 15.5. The van der Waals surface area contributed by atoms with Crippen LogP contribution in [0.2, 0.25) is 0 Å². The maximum Gasteiger partial charge on any atom is 0.275 e. The van der Waals surface area contributed by atoms with Crippen LogP contribution in [0.5, 0.6) is 11.5 Å². The summed E-state index contributed by atoms with van der Waals surface area (Å²) in [6.07, 6.45) is 0. The molecule has 1 atom stereocenters. The van der Waals surface area contributed by atoms with Crippen molar-refractivity contribution in [2.45, 2.75) is 12.5 Å². The van der Waals surface area contributed by atoms with Crippen LogP contribution in [-0.4, -0.2) is 26.0 Å². The second-order valence-electron chi connectivity index (χ2n) is 4.88. The molecule has 3 N–H and O–H groups in total. The highest BCUT2D eigenvalue weighted by atomic mass is 16.6. The van der Waals surface area contributed by atoms with Crippen LogP contribution in [0.3, 0.4) is 0 Å². The number of carbonyl (C=O) groups excluding carboxylic acids is 1. The van der Waals surface area contributed by atoms with E-state index >= 15 is 0 Å². The summed E-state index contributed by atoms with van der Waals surface area (Å²) < 4.78 is 0. The smallest absolute Gasteiger partial charge is 0.275 e. The Morgan fingerprint density at radius 1 is 1.14 bits per heavy atom. The lowest BCUT2D eigenvalue weighted by Crippen LogP contribution is -2.33. The molecule has 0 aliphatic carbocycles. The highest BCUT2D eigenvalue weighted by Crippen LogP contribution is 2.34. The number of phenolic OH excluding ortho intramolecular Hbond substituents is 2. The van der Waals surface area contributed by atoms with Gasteiger partial charge in [-0.25, -0.2) is 0 Å². The first-order valence-electron chi connectivity index (χ1n) is 6.28. The van der Waals surface area contributed by atoms with E-state index in [0.29, 0.717) is 0 Å². The summed E-state index contributed by atoms with van der Waals surface area (Å²) in [6.45, 7) is 1.14. The third kappa shape index (κ3) is 2.61. The number of nitro benzene ring substituents is 1. The number of carbonyl (C=O) groups is 1. The fourth-order valence-electron chi connectivity index (χ4n) is 2.11. The van der Waals surface area contributed by atoms with Crippen LogP contribution < -0.4 is 0 Å². The van der Waals surface area contributed by atoms with Gasteiger partial charge in [0.25, 0.3) is 5.69 Å². The molecule has 2 aromatic carbocycles. The topological polar surface area (TPSA) is 121 Å². The summed E-state index contributed by atoms with van der Waals surface area (Å²) in [7, 11) is 0. The zero-order valence-corrected chi connectivity index (χ0v) is 11.6. The van der Waals surface area contributed by atoms with E-state index in [1.54, 1.807) is 0 Å². The number of aliphatic hydroxyl groups is 1. The summed E-state index contributed by atoms with van der Waals surface area (Å²) in [4.78, 5) is 22.8. The van der Waals surface area contributed by atoms with Gasteiger partial charge in [0.1, 0.15) is 0 Å². The Morgan fingerprint density at radius 2 is 1.77 bits per heavy atom. The summed E-state index contributed by atoms with van der Waals surface area (Å²) >= 11 is 0. The quantitative estimate of drug-likeness (QED) is 0.344. The van der Waals surface area contributed by atoms with Gasteiger partial charge >= 0.3 is 0 Å². The Bertz CT molecular complexity index is 753. The maximum atomic E-state index is 12.4. The summed E-state index contributed by atoms with van der Waals surface area (Å²) in [5.41, 5.74) is -2.78. The number of aromatic hydroxyl groups is 2. The highest BCUT2D eigenvalue weighted by Gasteiger charge is 2.38. The minimum absolute atomic E-state index is 0.0848. The number of Topliss-reactive ketones (excluding diaryl/α,β-unsaturated/α-hetero) is 1. The Hall–Kier alpha value is -2.93. The van der Waals surface area contributed by atoms with Gasteiger partial charge in [0, 0.05) is 11.6 Å². The second-order valence-corrected chi connectivity index (χ2v) is 4.88. The second kappa shape index (κ2) is 5.45. The molecule has 0 fully saturated rings. The number of para-hydroxylation sites is 1. The zero-order valence-electron chi connectivity index (χ0n) is 11.6. The fraction of sp³-hybridized carbons (Fsp3) is 0.133. The van der Waals surface area contributed by atoms with Gasteiger partial charge in [-0.05, 0) is 31.2 Å². The largest absolute Gasteiger partial charge is 0.504 e. The van der Waals surface area contributed by atoms with E-state index in [4.69, 9.17) is 0 Å². The molecule has 0 heterocycles. The van der Waals surface area contributed by atoms with Gasteiger partial charge in [-0.15, -0.1) is 0 Å². The van der Waals surface area contributed by atoms with E-state index in [9.17, 15) is 30.2 Å². The lowest BCUT2D eigenvalue weighted by molar-refractivity contribution is -0.386. The molecule has 114 valence electrons. The molecule has 7 heteroatoms. The summed E-state index contributed by atoms with van der Waals surface area (Å²) in [6, 6.07) is 8.66. The van der Waals surface area contributed by atoms with Gasteiger partial charge < -0.3 is 15.3 Å². The van der Waals surface area contributed by atoms with Crippen LogP contribution in [0.1, 0.15) is 22.8 Å². The molecule has 22 heavy (non-hydrogen) atoms. The first-order valence-corrected chi connectivity index (χ1v) is 6.28. The molecule has 0 saturated carbocycles. The van der Waals surface area contributed by atoms with E-state index in [-0.39, 0.29) is 16.8 Å². The van der Waals surface area contributed by atoms with E-state index in [0.717, 1.165) is 19.1 Å². The van der Waals surface area contributed by atoms with Crippen molar-refractivity contribution in [1.29, 1.82) is 0 Å². The normalized spacial score (nSPS) is 13.4. The van der Waals surface area contributed by atoms with Crippen molar-refractivity contribution in [3.63, 3.8) is 0 Å². The molecule has 0 aliphatic heterocycles. The van der Waals surface area contributed by atoms with Crippen molar-refractivity contribution in [2.24, 2.45) is 0 Å². The molecule has 0 aliphatic rings. The first-order chi connectivity index (χ1) is 10.2. The van der Waals surface area contributed by atoms with Crippen molar-refractivity contribution < 1.29 is 25.0 Å². The molecule has 2 rings (SSSR count). The average Bonchev–Trinajstić information content (AvgIpc) is 2.49. The molecule has 0 aromatic heterocycles. The highest BCUT2D eigenvalue weighted by molar-refractivity contribution is 6.03. The number of nitrogens with zero attached hydrogens (tertiary/aromatic N) is 1. The Kier molecular flexibility index (Phi) is 3.83. The van der Waals surface area contributed by atoms with Gasteiger partial charge in [0.15, 0.2) is 22.9 Å². The number of hydrogen-bond acceptors (Lipinski definition) is 6. The number of phenols is 2. The molecule has 0 spiro atoms. The zero-order chi connectivity index (χ0) is 16.5. The number of ketones is 1. The Balaban J connectivity index is 2.52. The third-order valence-electron chi connectivity index (χ3n) is 3.30. The lowest BCUT2D eigenvalue weighted by Gasteiger charge is -2.22. The lowest BCUT2D eigenvalue weighted by atomic mass is 9.86. The SMILES string of the molecule is CC(O)(C(=O)c1ccc(O)c(O)c1)c1ccccc1[N+](=O)[O-]. The van der Waals surface area contributed by atoms with Gasteiger partial charge in [-0.2, -0.15) is 0 Å². The van der Waals surface area contributed by atoms with Crippen molar-refractivity contribution >= 4 is 11.5 Å². The molecule has 1 unspecified atom stereocenters. The van der Waals surface area contributed by atoms with Crippen LogP contribution in [0, 0.1) is 10.1 Å². The number of nitro groups is 1. The number of rotatable bonds is 4. The summed E-state index contributed by atoms with van der Waals surface area (Å²) in [5.74, 6) is -1.77. The Morgan fingerprint density at radius 3 is 2.36 bits per heavy atom. The van der Waals surface area contributed by atoms with Crippen molar-refractivity contribution in [3.8, 4) is 11.5 Å². The van der Waals surface area contributed by atoms with Crippen LogP contribution in [0.15, 0.2) is 42.5 Å². The van der Waals surface area contributed by atoms with Crippen LogP contribution in [0.4, 0.5) is 5.69 Å². The molecular weight excluding hydrogens is 290 g/mol. The molecule has 0 radical (unpaired) electrons. The fourth-order valence-corrected chi connectivity index (χ4v) is 2.11. The van der Waals surface area contributed by atoms with E-state index < -0.39 is 27.8 Å². The molecule has 2 aromatic rings. The summed E-state index contributed by atoms with van der Waals surface area (Å²) in [5, 5.41) is 40.2. The monoisotopic (exact) mass is 303 g/mol. The van der Waals surface area contributed by atoms with Crippen molar-refractivity contribution in [3.05, 3.63) is 63.7 Å². The predicted octanol–water partition coefficient (Wildman–Crippen LogP) is 2.10. The minimum atomic E-state index is -2.16. The van der Waals surface area contributed by atoms with E-state index in [1.165, 1.54) is 30.3 Å². The molecule has 0 bridgehead atoms. The Labute approximate surface area is 125 Å². The predicted molar refractivity (Wildman–Crippen MR) is 76.8 cm³/mol. The molecule has 7 nitrogen and oxygen atoms in total. The third-order valence-corrected chi connectivity index (χ3v) is 3.30. The maximum absolute atomic E-state index is 12.4. The van der Waals surface area contributed by atoms with Gasteiger partial charge in [0.05, 0.1) is 10.5 Å². The van der Waals surface area contributed by atoms with E-state index in [2.05, 4.69) is 0 Å². The van der Waals surface area contributed by atoms with Gasteiger partial charge in [-0.3, -0.25) is 14.9 Å². The van der Waals surface area contributed by atoms with Crippen LogP contribution in [0.25, 0.3) is 0 Å². The van der Waals surface area contributed by atoms with Gasteiger partial charge in [-0.1, -0.05) is 12.1 Å². The van der Waals surface area contributed by atoms with Crippen LogP contribution in [-0.2, 0) is 5.60 Å². The van der Waals surface area contributed by atoms with Crippen molar-refractivity contribution in [1.82, 2.24) is 0 Å². The van der Waals surface area contributed by atoms with E-state index in [1.807, 2.05) is 0 Å². The minimum Gasteiger partial charge on any atom is -0.504 e. The van der Waals surface area contributed by atoms with Gasteiger partial charge in [0.2, 0.25) is 0 Å². The standard InChI is InChI=1S/C15H13NO6/c1-15(20,10-4-2-3-5-11(10)16(21)22)14(19)9-6-7-12(17)13(18)8-9/h2-8,17-18,20H,1H3. The molecule has 0 amide bonds. The molecule has 0 saturated heterocycles. The van der Waals surface area contributed by atoms with Crippen molar-refractivity contribution in [2.75, 3.05) is 0 Å². The molecular formula is C15H13NO6.